The Kier molecular flexibility index (Phi) is 5.57. The summed E-state index contributed by atoms with van der Waals surface area (Å²) in [5.41, 5.74) is 5.70. The van der Waals surface area contributed by atoms with Crippen molar-refractivity contribution in [3.63, 3.8) is 0 Å². The first-order valence-corrected chi connectivity index (χ1v) is 14.2. The van der Waals surface area contributed by atoms with Gasteiger partial charge in [-0.15, -0.1) is 11.3 Å². The second kappa shape index (κ2) is 9.14. The van der Waals surface area contributed by atoms with Crippen molar-refractivity contribution in [1.29, 1.82) is 0 Å². The molecule has 0 saturated carbocycles. The molecule has 9 heteroatoms. The van der Waals surface area contributed by atoms with Gasteiger partial charge in [-0.05, 0) is 54.5 Å². The fourth-order valence-electron chi connectivity index (χ4n) is 5.39. The molecule has 2 aliphatic rings. The van der Waals surface area contributed by atoms with E-state index in [-0.39, 0.29) is 17.3 Å². The van der Waals surface area contributed by atoms with Crippen LogP contribution >= 0.6 is 22.7 Å². The molecule has 192 valence electrons. The van der Waals surface area contributed by atoms with Crippen LogP contribution in [0, 0.1) is 17.0 Å². The van der Waals surface area contributed by atoms with E-state index < -0.39 is 4.92 Å². The van der Waals surface area contributed by atoms with Crippen molar-refractivity contribution in [3.8, 4) is 11.3 Å². The predicted octanol–water partition coefficient (Wildman–Crippen LogP) is 5.86. The van der Waals surface area contributed by atoms with Gasteiger partial charge in [0.25, 0.3) is 11.2 Å². The Hall–Kier alpha value is -4.34. The summed E-state index contributed by atoms with van der Waals surface area (Å²) in [6.07, 6.45) is 3.51. The Morgan fingerprint density at radius 2 is 1.97 bits per heavy atom. The second-order valence-corrected chi connectivity index (χ2v) is 11.6. The van der Waals surface area contributed by atoms with Crippen LogP contribution in [0.25, 0.3) is 23.1 Å². The van der Waals surface area contributed by atoms with Crippen LogP contribution in [0.4, 0.5) is 5.69 Å². The van der Waals surface area contributed by atoms with Gasteiger partial charge in [0, 0.05) is 33.7 Å². The van der Waals surface area contributed by atoms with Gasteiger partial charge in [0.1, 0.15) is 11.5 Å². The first kappa shape index (κ1) is 23.8. The number of furan rings is 1. The molecular formula is C30H21N3O4S2. The second-order valence-electron chi connectivity index (χ2n) is 9.59. The molecule has 1 aliphatic carbocycles. The number of fused-ring (bicyclic) bond motifs is 3. The van der Waals surface area contributed by atoms with Gasteiger partial charge in [-0.1, -0.05) is 53.8 Å². The third kappa shape index (κ3) is 3.93. The minimum Gasteiger partial charge on any atom is -0.457 e. The summed E-state index contributed by atoms with van der Waals surface area (Å²) in [6.45, 7) is 1.70. The Balaban J connectivity index is 1.36. The molecule has 4 heterocycles. The molecule has 0 amide bonds. The first-order valence-electron chi connectivity index (χ1n) is 12.5. The highest BCUT2D eigenvalue weighted by Gasteiger charge is 2.33. The smallest absolute Gasteiger partial charge is 0.273 e. The molecule has 0 bridgehead atoms. The SMILES string of the molecule is Cc1ccc(-c2ccc(/C=c3/sc4n(c3=O)[C@H](c3cccs3)C3=C(N=4)c4ccccc4CC3)o2)cc1[N+](=O)[O-]. The summed E-state index contributed by atoms with van der Waals surface area (Å²) >= 11 is 3.00. The molecule has 1 atom stereocenters. The zero-order chi connectivity index (χ0) is 26.7. The zero-order valence-corrected chi connectivity index (χ0v) is 22.4. The lowest BCUT2D eigenvalue weighted by atomic mass is 9.85. The maximum atomic E-state index is 13.8. The van der Waals surface area contributed by atoms with Crippen LogP contribution in [-0.4, -0.2) is 9.49 Å². The number of aromatic nitrogens is 1. The molecule has 0 unspecified atom stereocenters. The van der Waals surface area contributed by atoms with E-state index in [1.54, 1.807) is 48.6 Å². The van der Waals surface area contributed by atoms with Crippen molar-refractivity contribution < 1.29 is 9.34 Å². The van der Waals surface area contributed by atoms with Gasteiger partial charge in [-0.2, -0.15) is 0 Å². The lowest BCUT2D eigenvalue weighted by Gasteiger charge is -2.30. The summed E-state index contributed by atoms with van der Waals surface area (Å²) in [5, 5.41) is 13.4. The molecule has 0 saturated heterocycles. The molecule has 0 spiro atoms. The average Bonchev–Trinajstić information content (AvgIpc) is 3.70. The highest BCUT2D eigenvalue weighted by Crippen LogP contribution is 2.42. The number of hydrogen-bond acceptors (Lipinski definition) is 7. The van der Waals surface area contributed by atoms with Crippen molar-refractivity contribution in [3.05, 3.63) is 135 Å². The molecule has 39 heavy (non-hydrogen) atoms. The van der Waals surface area contributed by atoms with Crippen LogP contribution in [-0.2, 0) is 6.42 Å². The van der Waals surface area contributed by atoms with Gasteiger partial charge in [-0.25, -0.2) is 4.99 Å². The third-order valence-corrected chi connectivity index (χ3v) is 9.18. The van der Waals surface area contributed by atoms with Crippen LogP contribution in [0.15, 0.2) is 91.9 Å². The quantitative estimate of drug-likeness (QED) is 0.207. The molecule has 0 radical (unpaired) electrons. The number of aryl methyl sites for hydroxylation is 2. The van der Waals surface area contributed by atoms with Crippen LogP contribution in [0.1, 0.15) is 39.8 Å². The van der Waals surface area contributed by atoms with E-state index in [9.17, 15) is 14.9 Å². The Labute approximate surface area is 230 Å². The number of nitro benzene ring substituents is 1. The van der Waals surface area contributed by atoms with Crippen LogP contribution in [0.5, 0.6) is 0 Å². The Morgan fingerprint density at radius 1 is 1.10 bits per heavy atom. The van der Waals surface area contributed by atoms with Crippen LogP contribution in [0.2, 0.25) is 0 Å². The van der Waals surface area contributed by atoms with Crippen LogP contribution in [0.3, 0.4) is 0 Å². The average molecular weight is 552 g/mol. The predicted molar refractivity (Wildman–Crippen MR) is 153 cm³/mol. The fraction of sp³-hybridized carbons (Fsp3) is 0.133. The van der Waals surface area contributed by atoms with E-state index in [2.05, 4.69) is 24.3 Å². The number of nitrogens with zero attached hydrogens (tertiary/aromatic N) is 3. The van der Waals surface area contributed by atoms with Gasteiger partial charge < -0.3 is 4.42 Å². The molecule has 0 fully saturated rings. The van der Waals surface area contributed by atoms with E-state index in [0.29, 0.717) is 32.0 Å². The number of rotatable bonds is 4. The zero-order valence-electron chi connectivity index (χ0n) is 20.8. The third-order valence-electron chi connectivity index (χ3n) is 7.28. The highest BCUT2D eigenvalue weighted by molar-refractivity contribution is 7.10. The van der Waals surface area contributed by atoms with E-state index >= 15 is 0 Å². The standard InChI is InChI=1S/C30H21N3O4S2/c1-17-8-9-19(15-23(17)33(35)36)24-13-11-20(37-24)16-26-29(34)32-28(25-7-4-14-38-25)22-12-10-18-5-2-3-6-21(18)27(22)31-30(32)39-26/h2-9,11,13-16,28H,10,12H2,1H3/b26-16+/t28-/m0/s1. The summed E-state index contributed by atoms with van der Waals surface area (Å²) in [7, 11) is 0. The number of allylic oxidation sites excluding steroid dienone is 1. The van der Waals surface area contributed by atoms with E-state index in [1.807, 2.05) is 22.1 Å². The lowest BCUT2D eigenvalue weighted by Crippen LogP contribution is -2.38. The van der Waals surface area contributed by atoms with Gasteiger partial charge in [0.15, 0.2) is 4.80 Å². The maximum absolute atomic E-state index is 13.8. The Morgan fingerprint density at radius 3 is 2.79 bits per heavy atom. The maximum Gasteiger partial charge on any atom is 0.273 e. The summed E-state index contributed by atoms with van der Waals surface area (Å²) in [4.78, 5) is 31.6. The molecule has 3 aromatic heterocycles. The van der Waals surface area contributed by atoms with Crippen molar-refractivity contribution in [1.82, 2.24) is 4.57 Å². The number of nitro groups is 1. The van der Waals surface area contributed by atoms with Crippen molar-refractivity contribution in [2.24, 2.45) is 4.99 Å². The molecule has 0 N–H and O–H groups in total. The lowest BCUT2D eigenvalue weighted by molar-refractivity contribution is -0.385. The van der Waals surface area contributed by atoms with Gasteiger partial charge in [0.05, 0.1) is 21.2 Å². The fourth-order valence-corrected chi connectivity index (χ4v) is 7.22. The van der Waals surface area contributed by atoms with E-state index in [1.165, 1.54) is 28.5 Å². The highest BCUT2D eigenvalue weighted by atomic mass is 32.1. The topological polar surface area (TPSA) is 90.6 Å². The van der Waals surface area contributed by atoms with E-state index in [4.69, 9.17) is 9.41 Å². The summed E-state index contributed by atoms with van der Waals surface area (Å²) in [5.74, 6) is 1.00. The summed E-state index contributed by atoms with van der Waals surface area (Å²) in [6, 6.07) is 20.8. The molecule has 7 nitrogen and oxygen atoms in total. The minimum absolute atomic E-state index is 0.0397. The van der Waals surface area contributed by atoms with Gasteiger partial charge in [-0.3, -0.25) is 19.5 Å². The minimum atomic E-state index is -0.397. The number of benzene rings is 2. The largest absolute Gasteiger partial charge is 0.457 e. The molecule has 2 aromatic carbocycles. The van der Waals surface area contributed by atoms with Crippen molar-refractivity contribution in [2.45, 2.75) is 25.8 Å². The van der Waals surface area contributed by atoms with E-state index in [0.717, 1.165) is 29.0 Å². The molecular weight excluding hydrogens is 530 g/mol. The number of thiophene rings is 1. The number of thiazole rings is 1. The van der Waals surface area contributed by atoms with Crippen molar-refractivity contribution in [2.75, 3.05) is 0 Å². The molecule has 5 aromatic rings. The molecule has 7 rings (SSSR count). The van der Waals surface area contributed by atoms with Gasteiger partial charge in [0.2, 0.25) is 0 Å². The van der Waals surface area contributed by atoms with Gasteiger partial charge >= 0.3 is 0 Å². The Bertz CT molecular complexity index is 1990. The van der Waals surface area contributed by atoms with Crippen molar-refractivity contribution >= 4 is 40.1 Å². The molecule has 1 aliphatic heterocycles. The summed E-state index contributed by atoms with van der Waals surface area (Å²) < 4.78 is 8.37. The monoisotopic (exact) mass is 551 g/mol. The normalized spacial score (nSPS) is 16.4. The number of hydrogen-bond donors (Lipinski definition) is 0. The first-order chi connectivity index (χ1) is 19.0. The van der Waals surface area contributed by atoms with Crippen LogP contribution < -0.4 is 14.9 Å².